The Morgan fingerprint density at radius 3 is 2.61 bits per heavy atom. The Bertz CT molecular complexity index is 455. The van der Waals surface area contributed by atoms with E-state index in [1.165, 1.54) is 7.11 Å². The molecule has 18 heavy (non-hydrogen) atoms. The molecule has 1 fully saturated rings. The fourth-order valence-electron chi connectivity index (χ4n) is 1.83. The Morgan fingerprint density at radius 1 is 1.44 bits per heavy atom. The maximum Gasteiger partial charge on any atom is 0.410 e. The Balaban J connectivity index is 2.06. The van der Waals surface area contributed by atoms with Crippen molar-refractivity contribution in [2.45, 2.75) is 19.5 Å². The minimum atomic E-state index is -0.365. The quantitative estimate of drug-likeness (QED) is 0.767. The summed E-state index contributed by atoms with van der Waals surface area (Å²) in [4.78, 5) is 24.4. The summed E-state index contributed by atoms with van der Waals surface area (Å²) >= 11 is 0. The molecule has 0 spiro atoms. The van der Waals surface area contributed by atoms with Crippen LogP contribution in [0.4, 0.5) is 4.79 Å². The summed E-state index contributed by atoms with van der Waals surface area (Å²) in [5, 5.41) is 0. The summed E-state index contributed by atoms with van der Waals surface area (Å²) in [6.07, 6.45) is -0.292. The number of hydrogen-bond donors (Lipinski definition) is 0. The highest BCUT2D eigenvalue weighted by Crippen LogP contribution is 2.16. The van der Waals surface area contributed by atoms with Crippen molar-refractivity contribution in [2.75, 3.05) is 13.7 Å². The minimum absolute atomic E-state index is 0.0813. The van der Waals surface area contributed by atoms with E-state index in [1.807, 2.05) is 19.1 Å². The molecule has 1 atom stereocenters. The third-order valence-corrected chi connectivity index (χ3v) is 2.94. The maximum absolute atomic E-state index is 11.4. The molecule has 0 aliphatic carbocycles. The molecule has 1 aliphatic heterocycles. The van der Waals surface area contributed by atoms with Gasteiger partial charge in [-0.2, -0.15) is 0 Å². The molecule has 0 unspecified atom stereocenters. The zero-order valence-corrected chi connectivity index (χ0v) is 10.4. The van der Waals surface area contributed by atoms with Gasteiger partial charge in [0.25, 0.3) is 0 Å². The van der Waals surface area contributed by atoms with Crippen LogP contribution >= 0.6 is 0 Å². The van der Waals surface area contributed by atoms with E-state index >= 15 is 0 Å². The monoisotopic (exact) mass is 249 g/mol. The van der Waals surface area contributed by atoms with E-state index in [-0.39, 0.29) is 18.1 Å². The van der Waals surface area contributed by atoms with Crippen molar-refractivity contribution in [3.05, 3.63) is 35.4 Å². The molecule has 0 radical (unpaired) electrons. The Labute approximate surface area is 105 Å². The molecule has 1 amide bonds. The van der Waals surface area contributed by atoms with Gasteiger partial charge in [-0.15, -0.1) is 0 Å². The summed E-state index contributed by atoms with van der Waals surface area (Å²) in [5.41, 5.74) is 1.45. The number of nitrogens with zero attached hydrogens (tertiary/aromatic N) is 1. The second-order valence-corrected chi connectivity index (χ2v) is 4.24. The van der Waals surface area contributed by atoms with E-state index in [2.05, 4.69) is 4.74 Å². The van der Waals surface area contributed by atoms with Gasteiger partial charge in [0.1, 0.15) is 6.61 Å². The Kier molecular flexibility index (Phi) is 3.50. The first-order valence-corrected chi connectivity index (χ1v) is 5.72. The van der Waals surface area contributed by atoms with Crippen molar-refractivity contribution in [1.82, 2.24) is 4.90 Å². The normalized spacial score (nSPS) is 18.7. The standard InChI is InChI=1S/C13H15NO4/c1-9-8-18-13(16)14(9)7-10-3-5-11(6-4-10)12(15)17-2/h3-6,9H,7-8H2,1-2H3/t9-/m1/s1. The predicted molar refractivity (Wildman–Crippen MR) is 64.1 cm³/mol. The Hall–Kier alpha value is -2.04. The number of carbonyl (C=O) groups is 2. The van der Waals surface area contributed by atoms with Gasteiger partial charge < -0.3 is 9.47 Å². The van der Waals surface area contributed by atoms with Gasteiger partial charge in [-0.3, -0.25) is 4.90 Å². The number of esters is 1. The van der Waals surface area contributed by atoms with Crippen LogP contribution in [0.25, 0.3) is 0 Å². The molecular weight excluding hydrogens is 234 g/mol. The van der Waals surface area contributed by atoms with E-state index in [0.717, 1.165) is 5.56 Å². The van der Waals surface area contributed by atoms with Crippen molar-refractivity contribution >= 4 is 12.1 Å². The summed E-state index contributed by atoms with van der Waals surface area (Å²) < 4.78 is 9.56. The fourth-order valence-corrected chi connectivity index (χ4v) is 1.83. The molecule has 1 saturated heterocycles. The highest BCUT2D eigenvalue weighted by atomic mass is 16.6. The minimum Gasteiger partial charge on any atom is -0.465 e. The predicted octanol–water partition coefficient (Wildman–Crippen LogP) is 1.81. The SMILES string of the molecule is COC(=O)c1ccc(CN2C(=O)OC[C@H]2C)cc1. The van der Waals surface area contributed by atoms with Crippen LogP contribution in [0, 0.1) is 0 Å². The number of rotatable bonds is 3. The lowest BCUT2D eigenvalue weighted by molar-refractivity contribution is 0.0600. The summed E-state index contributed by atoms with van der Waals surface area (Å²) in [7, 11) is 1.35. The van der Waals surface area contributed by atoms with E-state index in [0.29, 0.717) is 18.7 Å². The number of benzene rings is 1. The summed E-state index contributed by atoms with van der Waals surface area (Å²) in [6, 6.07) is 7.08. The smallest absolute Gasteiger partial charge is 0.410 e. The first-order valence-electron chi connectivity index (χ1n) is 5.72. The van der Waals surface area contributed by atoms with Gasteiger partial charge in [0.15, 0.2) is 0 Å². The molecule has 0 bridgehead atoms. The van der Waals surface area contributed by atoms with Gasteiger partial charge in [-0.1, -0.05) is 12.1 Å². The van der Waals surface area contributed by atoms with E-state index in [9.17, 15) is 9.59 Å². The van der Waals surface area contributed by atoms with Gasteiger partial charge in [0.2, 0.25) is 0 Å². The number of amides is 1. The average Bonchev–Trinajstić information content (AvgIpc) is 2.70. The van der Waals surface area contributed by atoms with Crippen LogP contribution in [0.3, 0.4) is 0 Å². The van der Waals surface area contributed by atoms with Crippen molar-refractivity contribution in [1.29, 1.82) is 0 Å². The van der Waals surface area contributed by atoms with Crippen LogP contribution in [-0.4, -0.2) is 36.7 Å². The second kappa shape index (κ2) is 5.08. The third-order valence-electron chi connectivity index (χ3n) is 2.94. The van der Waals surface area contributed by atoms with Gasteiger partial charge >= 0.3 is 12.1 Å². The van der Waals surface area contributed by atoms with Gasteiger partial charge in [-0.05, 0) is 24.6 Å². The molecule has 0 aromatic heterocycles. The zero-order valence-electron chi connectivity index (χ0n) is 10.4. The molecule has 1 aromatic rings. The number of carbonyl (C=O) groups excluding carboxylic acids is 2. The largest absolute Gasteiger partial charge is 0.465 e. The molecule has 2 rings (SSSR count). The second-order valence-electron chi connectivity index (χ2n) is 4.24. The number of ether oxygens (including phenoxy) is 2. The first kappa shape index (κ1) is 12.4. The molecule has 0 N–H and O–H groups in total. The molecular formula is C13H15NO4. The van der Waals surface area contributed by atoms with E-state index in [4.69, 9.17) is 4.74 Å². The molecule has 5 nitrogen and oxygen atoms in total. The molecule has 0 saturated carbocycles. The molecule has 1 aromatic carbocycles. The summed E-state index contributed by atoms with van der Waals surface area (Å²) in [5.74, 6) is -0.365. The molecule has 96 valence electrons. The molecule has 1 aliphatic rings. The van der Waals surface area contributed by atoms with Gasteiger partial charge in [0.05, 0.1) is 18.7 Å². The van der Waals surface area contributed by atoms with E-state index < -0.39 is 0 Å². The van der Waals surface area contributed by atoms with Gasteiger partial charge in [0, 0.05) is 6.54 Å². The maximum atomic E-state index is 11.4. The van der Waals surface area contributed by atoms with Crippen molar-refractivity contribution in [3.8, 4) is 0 Å². The van der Waals surface area contributed by atoms with E-state index in [1.54, 1.807) is 17.0 Å². The van der Waals surface area contributed by atoms with Crippen LogP contribution in [0.2, 0.25) is 0 Å². The van der Waals surface area contributed by atoms with Crippen LogP contribution in [-0.2, 0) is 16.0 Å². The number of methoxy groups -OCH3 is 1. The fraction of sp³-hybridized carbons (Fsp3) is 0.385. The topological polar surface area (TPSA) is 55.8 Å². The average molecular weight is 249 g/mol. The number of cyclic esters (lactones) is 1. The van der Waals surface area contributed by atoms with Crippen LogP contribution in [0.1, 0.15) is 22.8 Å². The summed E-state index contributed by atoms with van der Waals surface area (Å²) in [6.45, 7) is 2.86. The zero-order chi connectivity index (χ0) is 13.1. The van der Waals surface area contributed by atoms with Crippen molar-refractivity contribution < 1.29 is 19.1 Å². The van der Waals surface area contributed by atoms with Crippen LogP contribution < -0.4 is 0 Å². The third kappa shape index (κ3) is 2.45. The van der Waals surface area contributed by atoms with Gasteiger partial charge in [-0.25, -0.2) is 9.59 Å². The molecule has 1 heterocycles. The highest BCUT2D eigenvalue weighted by molar-refractivity contribution is 5.89. The van der Waals surface area contributed by atoms with Crippen molar-refractivity contribution in [2.24, 2.45) is 0 Å². The van der Waals surface area contributed by atoms with Crippen LogP contribution in [0.5, 0.6) is 0 Å². The lowest BCUT2D eigenvalue weighted by Crippen LogP contribution is -2.30. The number of hydrogen-bond acceptors (Lipinski definition) is 4. The highest BCUT2D eigenvalue weighted by Gasteiger charge is 2.29. The van der Waals surface area contributed by atoms with Crippen LogP contribution in [0.15, 0.2) is 24.3 Å². The Morgan fingerprint density at radius 2 is 2.11 bits per heavy atom. The van der Waals surface area contributed by atoms with Crippen molar-refractivity contribution in [3.63, 3.8) is 0 Å². The lowest BCUT2D eigenvalue weighted by atomic mass is 10.1. The first-order chi connectivity index (χ1) is 8.61. The lowest BCUT2D eigenvalue weighted by Gasteiger charge is -2.17. The molecule has 5 heteroatoms.